The summed E-state index contributed by atoms with van der Waals surface area (Å²) in [6.45, 7) is 1.03. The van der Waals surface area contributed by atoms with Crippen LogP contribution in [0.2, 0.25) is 10.0 Å². The van der Waals surface area contributed by atoms with Crippen molar-refractivity contribution < 1.29 is 15.0 Å². The first-order valence-electron chi connectivity index (χ1n) is 4.48. The Morgan fingerprint density at radius 2 is 2.12 bits per heavy atom. The number of aliphatic carboxylic acids is 1. The van der Waals surface area contributed by atoms with E-state index in [0.29, 0.717) is 15.7 Å². The Labute approximate surface area is 103 Å². The molecule has 6 heteroatoms. The molecule has 16 heavy (non-hydrogen) atoms. The van der Waals surface area contributed by atoms with E-state index in [9.17, 15) is 9.90 Å². The van der Waals surface area contributed by atoms with Crippen molar-refractivity contribution in [1.82, 2.24) is 0 Å². The van der Waals surface area contributed by atoms with Crippen LogP contribution >= 0.6 is 23.2 Å². The Morgan fingerprint density at radius 3 is 2.69 bits per heavy atom. The van der Waals surface area contributed by atoms with Crippen LogP contribution in [0.5, 0.6) is 0 Å². The van der Waals surface area contributed by atoms with Crippen molar-refractivity contribution in [3.8, 4) is 0 Å². The fourth-order valence-electron chi connectivity index (χ4n) is 0.983. The molecule has 3 N–H and O–H groups in total. The molecule has 88 valence electrons. The number of halogens is 2. The maximum atomic E-state index is 10.6. The first kappa shape index (κ1) is 13.1. The van der Waals surface area contributed by atoms with Gasteiger partial charge in [0, 0.05) is 0 Å². The molecule has 0 aromatic heterocycles. The molecule has 0 saturated carbocycles. The van der Waals surface area contributed by atoms with Gasteiger partial charge in [0.2, 0.25) is 0 Å². The maximum absolute atomic E-state index is 10.6. The number of aliphatic hydroxyl groups is 1. The molecule has 0 heterocycles. The molecule has 0 fully saturated rings. The van der Waals surface area contributed by atoms with Crippen LogP contribution in [-0.2, 0) is 4.79 Å². The lowest BCUT2D eigenvalue weighted by atomic mass is 10.1. The predicted octanol–water partition coefficient (Wildman–Crippen LogP) is 2.24. The van der Waals surface area contributed by atoms with Gasteiger partial charge < -0.3 is 15.5 Å². The molecule has 1 atom stereocenters. The summed E-state index contributed by atoms with van der Waals surface area (Å²) in [5.41, 5.74) is -1.37. The van der Waals surface area contributed by atoms with Crippen molar-refractivity contribution in [2.45, 2.75) is 12.5 Å². The molecule has 0 aliphatic heterocycles. The van der Waals surface area contributed by atoms with Gasteiger partial charge in [0.25, 0.3) is 0 Å². The molecular formula is C10H11Cl2NO3. The topological polar surface area (TPSA) is 69.6 Å². The molecule has 4 nitrogen and oxygen atoms in total. The van der Waals surface area contributed by atoms with Crippen LogP contribution in [0.15, 0.2) is 18.2 Å². The maximum Gasteiger partial charge on any atom is 0.337 e. The second-order valence-electron chi connectivity index (χ2n) is 3.53. The summed E-state index contributed by atoms with van der Waals surface area (Å²) in [7, 11) is 0. The Morgan fingerprint density at radius 1 is 1.50 bits per heavy atom. The molecule has 0 radical (unpaired) electrons. The minimum atomic E-state index is -1.86. The van der Waals surface area contributed by atoms with Gasteiger partial charge in [-0.2, -0.15) is 0 Å². The van der Waals surface area contributed by atoms with Gasteiger partial charge in [0.15, 0.2) is 5.60 Å². The van der Waals surface area contributed by atoms with Gasteiger partial charge in [-0.05, 0) is 19.1 Å². The number of nitrogens with one attached hydrogen (secondary N) is 1. The third-order valence-corrected chi connectivity index (χ3v) is 2.85. The van der Waals surface area contributed by atoms with Gasteiger partial charge in [-0.15, -0.1) is 0 Å². The molecule has 1 rings (SSSR count). The van der Waals surface area contributed by atoms with Crippen LogP contribution in [0.25, 0.3) is 0 Å². The summed E-state index contributed by atoms with van der Waals surface area (Å²) < 4.78 is 0. The summed E-state index contributed by atoms with van der Waals surface area (Å²) in [5, 5.41) is 21.6. The van der Waals surface area contributed by atoms with Gasteiger partial charge in [-0.1, -0.05) is 29.3 Å². The van der Waals surface area contributed by atoms with Crippen LogP contribution in [0, 0.1) is 0 Å². The molecule has 1 aromatic rings. The number of hydrogen-bond acceptors (Lipinski definition) is 3. The molecule has 0 aliphatic rings. The number of benzene rings is 1. The summed E-state index contributed by atoms with van der Waals surface area (Å²) in [5.74, 6) is -1.31. The lowest BCUT2D eigenvalue weighted by Crippen LogP contribution is -2.41. The molecular weight excluding hydrogens is 253 g/mol. The van der Waals surface area contributed by atoms with Gasteiger partial charge in [0.05, 0.1) is 22.3 Å². The van der Waals surface area contributed by atoms with E-state index < -0.39 is 11.6 Å². The van der Waals surface area contributed by atoms with Crippen LogP contribution < -0.4 is 5.32 Å². The largest absolute Gasteiger partial charge is 0.479 e. The lowest BCUT2D eigenvalue weighted by molar-refractivity contribution is -0.155. The van der Waals surface area contributed by atoms with Crippen molar-refractivity contribution in [1.29, 1.82) is 0 Å². The highest BCUT2D eigenvalue weighted by molar-refractivity contribution is 6.43. The molecule has 1 unspecified atom stereocenters. The fourth-order valence-corrected chi connectivity index (χ4v) is 1.35. The third kappa shape index (κ3) is 3.01. The second kappa shape index (κ2) is 4.91. The first-order valence-corrected chi connectivity index (χ1v) is 5.24. The normalized spacial score (nSPS) is 14.2. The van der Waals surface area contributed by atoms with E-state index >= 15 is 0 Å². The van der Waals surface area contributed by atoms with Crippen molar-refractivity contribution >= 4 is 34.9 Å². The molecule has 0 saturated heterocycles. The monoisotopic (exact) mass is 263 g/mol. The third-order valence-electron chi connectivity index (χ3n) is 2.04. The van der Waals surface area contributed by atoms with E-state index in [1.165, 1.54) is 6.92 Å². The van der Waals surface area contributed by atoms with Crippen molar-refractivity contribution in [2.75, 3.05) is 11.9 Å². The average Bonchev–Trinajstić information content (AvgIpc) is 2.20. The zero-order valence-electron chi connectivity index (χ0n) is 8.50. The SMILES string of the molecule is CC(O)(CNc1cccc(Cl)c1Cl)C(=O)O. The zero-order chi connectivity index (χ0) is 12.3. The fraction of sp³-hybridized carbons (Fsp3) is 0.300. The van der Waals surface area contributed by atoms with Gasteiger partial charge in [0.1, 0.15) is 0 Å². The Bertz CT molecular complexity index is 407. The second-order valence-corrected chi connectivity index (χ2v) is 4.32. The smallest absolute Gasteiger partial charge is 0.337 e. The van der Waals surface area contributed by atoms with E-state index in [2.05, 4.69) is 5.32 Å². The number of carboxylic acid groups (broad SMARTS) is 1. The lowest BCUT2D eigenvalue weighted by Gasteiger charge is -2.19. The highest BCUT2D eigenvalue weighted by Gasteiger charge is 2.29. The zero-order valence-corrected chi connectivity index (χ0v) is 10.0. The van der Waals surface area contributed by atoms with Crippen molar-refractivity contribution in [3.63, 3.8) is 0 Å². The summed E-state index contributed by atoms with van der Waals surface area (Å²) in [4.78, 5) is 10.6. The Balaban J connectivity index is 2.76. The Kier molecular flexibility index (Phi) is 4.02. The number of anilines is 1. The predicted molar refractivity (Wildman–Crippen MR) is 63.2 cm³/mol. The summed E-state index contributed by atoms with van der Waals surface area (Å²) >= 11 is 11.7. The highest BCUT2D eigenvalue weighted by Crippen LogP contribution is 2.29. The van der Waals surface area contributed by atoms with E-state index in [1.807, 2.05) is 0 Å². The summed E-state index contributed by atoms with van der Waals surface area (Å²) in [6, 6.07) is 4.93. The van der Waals surface area contributed by atoms with E-state index in [1.54, 1.807) is 18.2 Å². The van der Waals surface area contributed by atoms with E-state index in [0.717, 1.165) is 0 Å². The van der Waals surface area contributed by atoms with Gasteiger partial charge >= 0.3 is 5.97 Å². The number of carbonyl (C=O) groups is 1. The standard InChI is InChI=1S/C10H11Cl2NO3/c1-10(16,9(14)15)5-13-7-4-2-3-6(11)8(7)12/h2-4,13,16H,5H2,1H3,(H,14,15). The van der Waals surface area contributed by atoms with Crippen molar-refractivity contribution in [3.05, 3.63) is 28.2 Å². The molecule has 0 amide bonds. The summed E-state index contributed by atoms with van der Waals surface area (Å²) in [6.07, 6.45) is 0. The number of carboxylic acids is 1. The molecule has 1 aromatic carbocycles. The first-order chi connectivity index (χ1) is 7.34. The van der Waals surface area contributed by atoms with Crippen LogP contribution in [0.1, 0.15) is 6.92 Å². The number of hydrogen-bond donors (Lipinski definition) is 3. The quantitative estimate of drug-likeness (QED) is 0.780. The van der Waals surface area contributed by atoms with E-state index in [-0.39, 0.29) is 6.54 Å². The molecule has 0 bridgehead atoms. The van der Waals surface area contributed by atoms with Crippen molar-refractivity contribution in [2.24, 2.45) is 0 Å². The highest BCUT2D eigenvalue weighted by atomic mass is 35.5. The van der Waals surface area contributed by atoms with Crippen LogP contribution in [0.4, 0.5) is 5.69 Å². The minimum absolute atomic E-state index is 0.164. The number of rotatable bonds is 4. The van der Waals surface area contributed by atoms with Crippen LogP contribution in [-0.4, -0.2) is 28.3 Å². The molecule has 0 spiro atoms. The molecule has 0 aliphatic carbocycles. The van der Waals surface area contributed by atoms with Gasteiger partial charge in [-0.25, -0.2) is 4.79 Å². The Hall–Kier alpha value is -0.970. The average molecular weight is 264 g/mol. The van der Waals surface area contributed by atoms with Gasteiger partial charge in [-0.3, -0.25) is 0 Å². The minimum Gasteiger partial charge on any atom is -0.479 e. The van der Waals surface area contributed by atoms with E-state index in [4.69, 9.17) is 28.3 Å². The van der Waals surface area contributed by atoms with Crippen LogP contribution in [0.3, 0.4) is 0 Å².